The first-order valence-corrected chi connectivity index (χ1v) is 4.83. The third-order valence-electron chi connectivity index (χ3n) is 2.06. The molecule has 86 valence electrons. The third kappa shape index (κ3) is 2.53. The van der Waals surface area contributed by atoms with Gasteiger partial charge in [0, 0.05) is 12.3 Å². The molecule has 0 saturated carbocycles. The van der Waals surface area contributed by atoms with E-state index in [1.807, 2.05) is 0 Å². The predicted molar refractivity (Wildman–Crippen MR) is 55.9 cm³/mol. The molecule has 0 radical (unpaired) electrons. The van der Waals surface area contributed by atoms with Crippen molar-refractivity contribution in [2.24, 2.45) is 0 Å². The van der Waals surface area contributed by atoms with Gasteiger partial charge in [-0.2, -0.15) is 0 Å². The number of pyridine rings is 1. The van der Waals surface area contributed by atoms with Crippen LogP contribution in [0.3, 0.4) is 0 Å². The first kappa shape index (κ1) is 12.1. The van der Waals surface area contributed by atoms with Gasteiger partial charge in [-0.15, -0.1) is 0 Å². The molecule has 0 saturated heterocycles. The van der Waals surface area contributed by atoms with Crippen molar-refractivity contribution in [2.75, 3.05) is 6.61 Å². The molecule has 0 fully saturated rings. The SMILES string of the molecule is CCOC(=O)C(C)c1ncccc1[N+](=O)[O-]. The lowest BCUT2D eigenvalue weighted by Gasteiger charge is -2.09. The Hall–Kier alpha value is -1.98. The molecule has 0 amide bonds. The lowest BCUT2D eigenvalue weighted by Crippen LogP contribution is -2.15. The van der Waals surface area contributed by atoms with Crippen molar-refractivity contribution in [1.82, 2.24) is 4.98 Å². The maximum atomic E-state index is 11.4. The molecule has 1 aromatic heterocycles. The van der Waals surface area contributed by atoms with E-state index in [1.54, 1.807) is 6.92 Å². The maximum absolute atomic E-state index is 11.4. The van der Waals surface area contributed by atoms with Crippen molar-refractivity contribution in [1.29, 1.82) is 0 Å². The third-order valence-corrected chi connectivity index (χ3v) is 2.06. The van der Waals surface area contributed by atoms with E-state index in [-0.39, 0.29) is 18.0 Å². The van der Waals surface area contributed by atoms with Gasteiger partial charge in [0.25, 0.3) is 5.69 Å². The van der Waals surface area contributed by atoms with Gasteiger partial charge in [-0.25, -0.2) is 0 Å². The van der Waals surface area contributed by atoms with E-state index >= 15 is 0 Å². The van der Waals surface area contributed by atoms with E-state index in [0.29, 0.717) is 0 Å². The molecule has 6 heteroatoms. The minimum absolute atomic E-state index is 0.131. The topological polar surface area (TPSA) is 82.3 Å². The summed E-state index contributed by atoms with van der Waals surface area (Å²) < 4.78 is 4.79. The molecule has 0 aromatic carbocycles. The number of esters is 1. The van der Waals surface area contributed by atoms with Crippen LogP contribution in [0.4, 0.5) is 5.69 Å². The fraction of sp³-hybridized carbons (Fsp3) is 0.400. The molecule has 1 heterocycles. The van der Waals surface area contributed by atoms with Crippen LogP contribution in [0.5, 0.6) is 0 Å². The number of ether oxygens (including phenoxy) is 1. The Kier molecular flexibility index (Phi) is 3.93. The number of nitro groups is 1. The standard InChI is InChI=1S/C10H12N2O4/c1-3-16-10(13)7(2)9-8(12(14)15)5-4-6-11-9/h4-7H,3H2,1-2H3. The fourth-order valence-electron chi connectivity index (χ4n) is 1.28. The zero-order valence-corrected chi connectivity index (χ0v) is 9.04. The molecule has 6 nitrogen and oxygen atoms in total. The Morgan fingerprint density at radius 3 is 2.94 bits per heavy atom. The summed E-state index contributed by atoms with van der Waals surface area (Å²) in [5, 5.41) is 10.7. The zero-order chi connectivity index (χ0) is 12.1. The van der Waals surface area contributed by atoms with Gasteiger partial charge in [0.05, 0.1) is 11.5 Å². The minimum Gasteiger partial charge on any atom is -0.465 e. The van der Waals surface area contributed by atoms with Gasteiger partial charge in [0.2, 0.25) is 0 Å². The Labute approximate surface area is 92.4 Å². The summed E-state index contributed by atoms with van der Waals surface area (Å²) in [6, 6.07) is 2.78. The number of hydrogen-bond acceptors (Lipinski definition) is 5. The van der Waals surface area contributed by atoms with Crippen LogP contribution >= 0.6 is 0 Å². The summed E-state index contributed by atoms with van der Waals surface area (Å²) in [5.74, 6) is -1.24. The quantitative estimate of drug-likeness (QED) is 0.441. The molecule has 1 aromatic rings. The molecule has 0 aliphatic rings. The number of carbonyl (C=O) groups excluding carboxylic acids is 1. The van der Waals surface area contributed by atoms with Crippen LogP contribution in [-0.2, 0) is 9.53 Å². The summed E-state index contributed by atoms with van der Waals surface area (Å²) in [6.07, 6.45) is 1.41. The Balaban J connectivity index is 3.03. The molecule has 0 aliphatic heterocycles. The van der Waals surface area contributed by atoms with Gasteiger partial charge in [0.1, 0.15) is 11.6 Å². The molecule has 0 spiro atoms. The molecule has 0 aliphatic carbocycles. The highest BCUT2D eigenvalue weighted by Crippen LogP contribution is 2.24. The second-order valence-corrected chi connectivity index (χ2v) is 3.14. The smallest absolute Gasteiger partial charge is 0.315 e. The number of hydrogen-bond donors (Lipinski definition) is 0. The summed E-state index contributed by atoms with van der Waals surface area (Å²) in [5.41, 5.74) is -0.0333. The van der Waals surface area contributed by atoms with Gasteiger partial charge in [-0.3, -0.25) is 19.9 Å². The average molecular weight is 224 g/mol. The normalized spacial score (nSPS) is 11.9. The van der Waals surface area contributed by atoms with Gasteiger partial charge in [-0.1, -0.05) is 0 Å². The lowest BCUT2D eigenvalue weighted by molar-refractivity contribution is -0.386. The van der Waals surface area contributed by atoms with Gasteiger partial charge >= 0.3 is 5.97 Å². The van der Waals surface area contributed by atoms with Gasteiger partial charge in [0.15, 0.2) is 0 Å². The lowest BCUT2D eigenvalue weighted by atomic mass is 10.1. The summed E-state index contributed by atoms with van der Waals surface area (Å²) in [6.45, 7) is 3.45. The van der Waals surface area contributed by atoms with Crippen LogP contribution in [0.25, 0.3) is 0 Å². The van der Waals surface area contributed by atoms with E-state index in [1.165, 1.54) is 25.3 Å². The van der Waals surface area contributed by atoms with E-state index < -0.39 is 16.8 Å². The maximum Gasteiger partial charge on any atom is 0.315 e. The molecular weight excluding hydrogens is 212 g/mol. The van der Waals surface area contributed by atoms with E-state index in [2.05, 4.69) is 4.98 Å². The molecule has 16 heavy (non-hydrogen) atoms. The molecule has 1 atom stereocenters. The van der Waals surface area contributed by atoms with E-state index in [4.69, 9.17) is 4.74 Å². The van der Waals surface area contributed by atoms with Crippen molar-refractivity contribution >= 4 is 11.7 Å². The minimum atomic E-state index is -0.735. The second-order valence-electron chi connectivity index (χ2n) is 3.14. The van der Waals surface area contributed by atoms with Crippen LogP contribution in [0.15, 0.2) is 18.3 Å². The fourth-order valence-corrected chi connectivity index (χ4v) is 1.28. The summed E-state index contributed by atoms with van der Waals surface area (Å²) in [7, 11) is 0. The predicted octanol–water partition coefficient (Wildman–Crippen LogP) is 1.66. The Morgan fingerprint density at radius 1 is 1.69 bits per heavy atom. The van der Waals surface area contributed by atoms with Gasteiger partial charge < -0.3 is 4.74 Å². The second kappa shape index (κ2) is 5.20. The Morgan fingerprint density at radius 2 is 2.38 bits per heavy atom. The van der Waals surface area contributed by atoms with E-state index in [9.17, 15) is 14.9 Å². The first-order valence-electron chi connectivity index (χ1n) is 4.83. The van der Waals surface area contributed by atoms with Crippen molar-refractivity contribution in [3.05, 3.63) is 34.1 Å². The monoisotopic (exact) mass is 224 g/mol. The van der Waals surface area contributed by atoms with Crippen LogP contribution < -0.4 is 0 Å². The van der Waals surface area contributed by atoms with Crippen molar-refractivity contribution < 1.29 is 14.5 Å². The molecule has 0 bridgehead atoms. The molecular formula is C10H12N2O4. The molecule has 1 unspecified atom stereocenters. The highest BCUT2D eigenvalue weighted by molar-refractivity contribution is 5.78. The van der Waals surface area contributed by atoms with Crippen LogP contribution in [0.2, 0.25) is 0 Å². The van der Waals surface area contributed by atoms with Crippen molar-refractivity contribution in [3.63, 3.8) is 0 Å². The van der Waals surface area contributed by atoms with E-state index in [0.717, 1.165) is 0 Å². The number of aromatic nitrogens is 1. The highest BCUT2D eigenvalue weighted by atomic mass is 16.6. The number of carbonyl (C=O) groups is 1. The number of rotatable bonds is 4. The highest BCUT2D eigenvalue weighted by Gasteiger charge is 2.26. The van der Waals surface area contributed by atoms with Crippen LogP contribution in [0, 0.1) is 10.1 Å². The Bertz CT molecular complexity index is 406. The molecule has 0 N–H and O–H groups in total. The van der Waals surface area contributed by atoms with Crippen LogP contribution in [0.1, 0.15) is 25.5 Å². The zero-order valence-electron chi connectivity index (χ0n) is 9.04. The van der Waals surface area contributed by atoms with Crippen LogP contribution in [-0.4, -0.2) is 22.5 Å². The first-order chi connectivity index (χ1) is 7.57. The molecule has 1 rings (SSSR count). The summed E-state index contributed by atoms with van der Waals surface area (Å²) >= 11 is 0. The summed E-state index contributed by atoms with van der Waals surface area (Å²) in [4.78, 5) is 25.5. The van der Waals surface area contributed by atoms with Gasteiger partial charge in [-0.05, 0) is 19.9 Å². The number of nitrogens with zero attached hydrogens (tertiary/aromatic N) is 2. The van der Waals surface area contributed by atoms with Crippen molar-refractivity contribution in [2.45, 2.75) is 19.8 Å². The largest absolute Gasteiger partial charge is 0.465 e. The van der Waals surface area contributed by atoms with Crippen molar-refractivity contribution in [3.8, 4) is 0 Å². The average Bonchev–Trinajstić information content (AvgIpc) is 2.28.